The first-order chi connectivity index (χ1) is 13.2. The lowest BCUT2D eigenvalue weighted by Crippen LogP contribution is -2.31. The van der Waals surface area contributed by atoms with E-state index in [9.17, 15) is 0 Å². The molecular formula is C25H25NO. The van der Waals surface area contributed by atoms with Gasteiger partial charge in [0, 0.05) is 11.6 Å². The highest BCUT2D eigenvalue weighted by Gasteiger charge is 2.44. The van der Waals surface area contributed by atoms with E-state index in [-0.39, 0.29) is 0 Å². The molecule has 0 amide bonds. The Morgan fingerprint density at radius 1 is 0.963 bits per heavy atom. The Labute approximate surface area is 161 Å². The van der Waals surface area contributed by atoms with Gasteiger partial charge in [0.05, 0.1) is 13.2 Å². The van der Waals surface area contributed by atoms with E-state index in [1.165, 1.54) is 39.1 Å². The Kier molecular flexibility index (Phi) is 3.75. The number of nitrogens with one attached hydrogen (secondary N) is 1. The van der Waals surface area contributed by atoms with Crippen LogP contribution in [0, 0.1) is 19.8 Å². The van der Waals surface area contributed by atoms with E-state index in [2.05, 4.69) is 79.8 Å². The number of benzene rings is 3. The van der Waals surface area contributed by atoms with E-state index in [1.807, 2.05) is 0 Å². The van der Waals surface area contributed by atoms with Crippen LogP contribution < -0.4 is 10.1 Å². The van der Waals surface area contributed by atoms with Crippen molar-refractivity contribution in [3.63, 3.8) is 0 Å². The molecule has 0 saturated carbocycles. The molecule has 0 radical (unpaired) electrons. The molecule has 1 heterocycles. The van der Waals surface area contributed by atoms with Crippen LogP contribution in [0.15, 0.2) is 60.7 Å². The van der Waals surface area contributed by atoms with Gasteiger partial charge < -0.3 is 10.1 Å². The van der Waals surface area contributed by atoms with Gasteiger partial charge in [0.2, 0.25) is 0 Å². The minimum Gasteiger partial charge on any atom is -0.496 e. The van der Waals surface area contributed by atoms with E-state index < -0.39 is 0 Å². The summed E-state index contributed by atoms with van der Waals surface area (Å²) in [5.74, 6) is 1.92. The molecular weight excluding hydrogens is 330 g/mol. The fourth-order valence-corrected chi connectivity index (χ4v) is 5.26. The maximum Gasteiger partial charge on any atom is 0.122 e. The van der Waals surface area contributed by atoms with Crippen LogP contribution in [0.3, 0.4) is 0 Å². The highest BCUT2D eigenvalue weighted by atomic mass is 16.5. The molecule has 27 heavy (non-hydrogen) atoms. The van der Waals surface area contributed by atoms with Crippen molar-refractivity contribution in [1.82, 2.24) is 0 Å². The van der Waals surface area contributed by atoms with E-state index in [0.29, 0.717) is 17.9 Å². The smallest absolute Gasteiger partial charge is 0.122 e. The van der Waals surface area contributed by atoms with Crippen LogP contribution in [-0.4, -0.2) is 7.11 Å². The average molecular weight is 355 g/mol. The van der Waals surface area contributed by atoms with Crippen LogP contribution in [0.25, 0.3) is 0 Å². The zero-order valence-corrected chi connectivity index (χ0v) is 16.1. The maximum absolute atomic E-state index is 5.71. The lowest BCUT2D eigenvalue weighted by molar-refractivity contribution is 0.399. The molecule has 2 nitrogen and oxygen atoms in total. The van der Waals surface area contributed by atoms with Crippen molar-refractivity contribution in [2.45, 2.75) is 32.2 Å². The third kappa shape index (κ3) is 2.39. The zero-order valence-electron chi connectivity index (χ0n) is 16.1. The van der Waals surface area contributed by atoms with E-state index in [0.717, 1.165) is 12.2 Å². The Bertz CT molecular complexity index is 1010. The summed E-state index contributed by atoms with van der Waals surface area (Å²) in [4.78, 5) is 0. The largest absolute Gasteiger partial charge is 0.496 e. The first kappa shape index (κ1) is 16.4. The van der Waals surface area contributed by atoms with Gasteiger partial charge in [0.15, 0.2) is 0 Å². The minimum absolute atomic E-state index is 0.322. The maximum atomic E-state index is 5.71. The number of hydrogen-bond donors (Lipinski definition) is 1. The second-order valence-electron chi connectivity index (χ2n) is 7.89. The van der Waals surface area contributed by atoms with Crippen molar-refractivity contribution in [3.8, 4) is 5.75 Å². The van der Waals surface area contributed by atoms with Crippen molar-refractivity contribution in [2.75, 3.05) is 12.4 Å². The van der Waals surface area contributed by atoms with E-state index in [4.69, 9.17) is 4.74 Å². The number of rotatable bonds is 2. The summed E-state index contributed by atoms with van der Waals surface area (Å²) in [7, 11) is 1.78. The van der Waals surface area contributed by atoms with Crippen LogP contribution >= 0.6 is 0 Å². The Hall–Kier alpha value is -2.74. The van der Waals surface area contributed by atoms with Crippen molar-refractivity contribution in [1.29, 1.82) is 0 Å². The van der Waals surface area contributed by atoms with Crippen molar-refractivity contribution >= 4 is 5.69 Å². The monoisotopic (exact) mass is 355 g/mol. The van der Waals surface area contributed by atoms with Crippen molar-refractivity contribution in [3.05, 3.63) is 94.0 Å². The fraction of sp³-hybridized carbons (Fsp3) is 0.280. The standard InChI is InChI=1S/C25H25NO/c1-15-13-21(27-3)16(2)22-23-19-12-8-7-11-18(19)14-20(23)25(26-24(15)22)17-9-5-4-6-10-17/h4-13,20,23,25-26H,14H2,1-3H3/t20-,23+,25-/m0/s1. The Balaban J connectivity index is 1.76. The van der Waals surface area contributed by atoms with E-state index >= 15 is 0 Å². The summed E-state index contributed by atoms with van der Waals surface area (Å²) in [6, 6.07) is 22.4. The van der Waals surface area contributed by atoms with Crippen LogP contribution in [0.4, 0.5) is 5.69 Å². The van der Waals surface area contributed by atoms with Crippen LogP contribution in [-0.2, 0) is 6.42 Å². The number of anilines is 1. The summed E-state index contributed by atoms with van der Waals surface area (Å²) >= 11 is 0. The normalized spacial score (nSPS) is 22.4. The summed E-state index contributed by atoms with van der Waals surface area (Å²) in [6.07, 6.45) is 1.11. The molecule has 0 bridgehead atoms. The van der Waals surface area contributed by atoms with Crippen molar-refractivity contribution < 1.29 is 4.74 Å². The van der Waals surface area contributed by atoms with Gasteiger partial charge in [-0.05, 0) is 65.6 Å². The van der Waals surface area contributed by atoms with Gasteiger partial charge in [0.25, 0.3) is 0 Å². The predicted octanol–water partition coefficient (Wildman–Crippen LogP) is 5.78. The summed E-state index contributed by atoms with van der Waals surface area (Å²) < 4.78 is 5.71. The second kappa shape index (κ2) is 6.16. The van der Waals surface area contributed by atoms with Crippen molar-refractivity contribution in [2.24, 2.45) is 5.92 Å². The highest BCUT2D eigenvalue weighted by Crippen LogP contribution is 2.56. The zero-order chi connectivity index (χ0) is 18.5. The molecule has 1 N–H and O–H groups in total. The first-order valence-corrected chi connectivity index (χ1v) is 9.76. The molecule has 0 unspecified atom stereocenters. The van der Waals surface area contributed by atoms with Gasteiger partial charge in [-0.1, -0.05) is 54.6 Å². The molecule has 2 heteroatoms. The number of hydrogen-bond acceptors (Lipinski definition) is 2. The molecule has 0 saturated heterocycles. The Morgan fingerprint density at radius 2 is 1.70 bits per heavy atom. The fourth-order valence-electron chi connectivity index (χ4n) is 5.26. The van der Waals surface area contributed by atoms with E-state index in [1.54, 1.807) is 7.11 Å². The van der Waals surface area contributed by atoms with Crippen LogP contribution in [0.5, 0.6) is 5.75 Å². The molecule has 136 valence electrons. The van der Waals surface area contributed by atoms with Crippen LogP contribution in [0.1, 0.15) is 45.3 Å². The van der Waals surface area contributed by atoms with Gasteiger partial charge in [-0.15, -0.1) is 0 Å². The highest BCUT2D eigenvalue weighted by molar-refractivity contribution is 5.71. The molecule has 3 aromatic rings. The van der Waals surface area contributed by atoms with Gasteiger partial charge in [-0.2, -0.15) is 0 Å². The second-order valence-corrected chi connectivity index (χ2v) is 7.89. The predicted molar refractivity (Wildman–Crippen MR) is 111 cm³/mol. The summed E-state index contributed by atoms with van der Waals surface area (Å²) in [5, 5.41) is 3.92. The number of ether oxygens (including phenoxy) is 1. The lowest BCUT2D eigenvalue weighted by Gasteiger charge is -2.40. The van der Waals surface area contributed by atoms with Gasteiger partial charge in [-0.25, -0.2) is 0 Å². The molecule has 1 aliphatic carbocycles. The molecule has 0 aromatic heterocycles. The van der Waals surface area contributed by atoms with Gasteiger partial charge >= 0.3 is 0 Å². The molecule has 3 atom stereocenters. The number of fused-ring (bicyclic) bond motifs is 5. The molecule has 1 aliphatic heterocycles. The molecule has 3 aromatic carbocycles. The first-order valence-electron chi connectivity index (χ1n) is 9.76. The third-order valence-electron chi connectivity index (χ3n) is 6.48. The molecule has 2 aliphatic rings. The number of aryl methyl sites for hydroxylation is 1. The number of methoxy groups -OCH3 is 1. The quantitative estimate of drug-likeness (QED) is 0.629. The third-order valence-corrected chi connectivity index (χ3v) is 6.48. The Morgan fingerprint density at radius 3 is 2.48 bits per heavy atom. The average Bonchev–Trinajstić information content (AvgIpc) is 3.10. The van der Waals surface area contributed by atoms with Gasteiger partial charge in [-0.3, -0.25) is 0 Å². The van der Waals surface area contributed by atoms with Crippen LogP contribution in [0.2, 0.25) is 0 Å². The lowest BCUT2D eigenvalue weighted by atomic mass is 9.73. The SMILES string of the molecule is COc1cc(C)c2c(c1C)[C@@H]1c3ccccc3C[C@@H]1[C@H](c1ccccc1)N2. The summed E-state index contributed by atoms with van der Waals surface area (Å²) in [6.45, 7) is 4.40. The van der Waals surface area contributed by atoms with Gasteiger partial charge in [0.1, 0.15) is 5.75 Å². The minimum atomic E-state index is 0.322. The topological polar surface area (TPSA) is 21.3 Å². The molecule has 0 fully saturated rings. The summed E-state index contributed by atoms with van der Waals surface area (Å²) in [5.41, 5.74) is 9.60. The molecule has 5 rings (SSSR count). The molecule has 0 spiro atoms.